The molecule has 2 heterocycles. The number of thiazole rings is 1. The summed E-state index contributed by atoms with van der Waals surface area (Å²) in [5, 5.41) is 6.26. The molecule has 1 aliphatic rings. The number of piperidine rings is 1. The van der Waals surface area contributed by atoms with E-state index in [2.05, 4.69) is 20.6 Å². The molecule has 1 aromatic rings. The number of likely N-dealkylation sites (tertiary alicyclic amines) is 1. The topological polar surface area (TPSA) is 71.2 Å². The second-order valence-electron chi connectivity index (χ2n) is 5.35. The molecule has 1 aliphatic heterocycles. The number of carbonyl (C=O) groups excluding carboxylic acids is 1. The Hall–Kier alpha value is -0.980. The molecule has 3 N–H and O–H groups in total. The van der Waals surface area contributed by atoms with Gasteiger partial charge in [0.2, 0.25) is 5.91 Å². The van der Waals surface area contributed by atoms with Crippen molar-refractivity contribution < 1.29 is 4.79 Å². The molecule has 5 nitrogen and oxygen atoms in total. The van der Waals surface area contributed by atoms with Gasteiger partial charge in [-0.15, -0.1) is 11.3 Å². The Morgan fingerprint density at radius 3 is 3.15 bits per heavy atom. The number of amides is 1. The fraction of sp³-hybridized carbons (Fsp3) is 0.714. The molecule has 0 saturated carbocycles. The van der Waals surface area contributed by atoms with Crippen LogP contribution in [0.2, 0.25) is 0 Å². The fourth-order valence-corrected chi connectivity index (χ4v) is 3.40. The van der Waals surface area contributed by atoms with Crippen molar-refractivity contribution in [3.8, 4) is 0 Å². The standard InChI is InChI=1S/C14H24N4OS/c1-11-10-20-14(17-11)9-18-7-3-2-4-12(18)8-16-13(19)5-6-15/h10,12H,2-9,15H2,1H3,(H,16,19). The van der Waals surface area contributed by atoms with Crippen LogP contribution >= 0.6 is 11.3 Å². The minimum atomic E-state index is 0.0584. The first-order valence-corrected chi connectivity index (χ1v) is 8.19. The first-order chi connectivity index (χ1) is 9.69. The molecule has 0 aromatic carbocycles. The molecule has 0 radical (unpaired) electrons. The number of aryl methyl sites for hydroxylation is 1. The number of hydrogen-bond acceptors (Lipinski definition) is 5. The average molecular weight is 296 g/mol. The van der Waals surface area contributed by atoms with E-state index in [0.29, 0.717) is 19.0 Å². The summed E-state index contributed by atoms with van der Waals surface area (Å²) in [4.78, 5) is 18.5. The highest BCUT2D eigenvalue weighted by molar-refractivity contribution is 7.09. The van der Waals surface area contributed by atoms with E-state index >= 15 is 0 Å². The quantitative estimate of drug-likeness (QED) is 0.829. The number of nitrogens with two attached hydrogens (primary N) is 1. The number of aromatic nitrogens is 1. The van der Waals surface area contributed by atoms with Gasteiger partial charge in [0, 0.05) is 36.6 Å². The molecule has 20 heavy (non-hydrogen) atoms. The molecule has 0 spiro atoms. The highest BCUT2D eigenvalue weighted by Crippen LogP contribution is 2.20. The Morgan fingerprint density at radius 1 is 1.60 bits per heavy atom. The van der Waals surface area contributed by atoms with Crippen molar-refractivity contribution in [1.29, 1.82) is 0 Å². The first kappa shape index (κ1) is 15.4. The van der Waals surface area contributed by atoms with E-state index in [-0.39, 0.29) is 5.91 Å². The lowest BCUT2D eigenvalue weighted by Crippen LogP contribution is -2.46. The lowest BCUT2D eigenvalue weighted by atomic mass is 10.0. The number of rotatable bonds is 6. The second-order valence-corrected chi connectivity index (χ2v) is 6.29. The van der Waals surface area contributed by atoms with Gasteiger partial charge < -0.3 is 11.1 Å². The van der Waals surface area contributed by atoms with Crippen LogP contribution in [0.1, 0.15) is 36.4 Å². The Labute approximate surface area is 124 Å². The van der Waals surface area contributed by atoms with Crippen molar-refractivity contribution in [3.63, 3.8) is 0 Å². The van der Waals surface area contributed by atoms with Crippen LogP contribution in [0.4, 0.5) is 0 Å². The van der Waals surface area contributed by atoms with Gasteiger partial charge in [0.05, 0.1) is 6.54 Å². The monoisotopic (exact) mass is 296 g/mol. The third-order valence-corrected chi connectivity index (χ3v) is 4.61. The van der Waals surface area contributed by atoms with Crippen LogP contribution in [0.5, 0.6) is 0 Å². The van der Waals surface area contributed by atoms with Gasteiger partial charge in [-0.3, -0.25) is 9.69 Å². The van der Waals surface area contributed by atoms with Crippen molar-refractivity contribution in [3.05, 3.63) is 16.1 Å². The Kier molecular flexibility index (Phi) is 5.94. The summed E-state index contributed by atoms with van der Waals surface area (Å²) in [5.74, 6) is 0.0584. The van der Waals surface area contributed by atoms with E-state index in [0.717, 1.165) is 31.7 Å². The van der Waals surface area contributed by atoms with Crippen LogP contribution in [0.3, 0.4) is 0 Å². The van der Waals surface area contributed by atoms with Crippen LogP contribution in [0.25, 0.3) is 0 Å². The van der Waals surface area contributed by atoms with Gasteiger partial charge in [-0.2, -0.15) is 0 Å². The van der Waals surface area contributed by atoms with E-state index in [1.807, 2.05) is 6.92 Å². The van der Waals surface area contributed by atoms with E-state index in [9.17, 15) is 4.79 Å². The maximum Gasteiger partial charge on any atom is 0.221 e. The van der Waals surface area contributed by atoms with Crippen molar-refractivity contribution in [2.75, 3.05) is 19.6 Å². The zero-order valence-corrected chi connectivity index (χ0v) is 12.9. The fourth-order valence-electron chi connectivity index (χ4n) is 2.60. The third-order valence-electron chi connectivity index (χ3n) is 3.66. The smallest absolute Gasteiger partial charge is 0.221 e. The molecule has 0 aliphatic carbocycles. The highest BCUT2D eigenvalue weighted by Gasteiger charge is 2.23. The zero-order chi connectivity index (χ0) is 14.4. The molecule has 1 saturated heterocycles. The molecule has 1 unspecified atom stereocenters. The molecule has 2 rings (SSSR count). The van der Waals surface area contributed by atoms with Crippen LogP contribution in [-0.2, 0) is 11.3 Å². The molecular weight excluding hydrogens is 272 g/mol. The predicted molar refractivity (Wildman–Crippen MR) is 81.6 cm³/mol. The molecule has 112 valence electrons. The highest BCUT2D eigenvalue weighted by atomic mass is 32.1. The molecule has 1 atom stereocenters. The first-order valence-electron chi connectivity index (χ1n) is 7.31. The SMILES string of the molecule is Cc1csc(CN2CCCCC2CNC(=O)CCN)n1. The van der Waals surface area contributed by atoms with Gasteiger partial charge in [0.25, 0.3) is 0 Å². The van der Waals surface area contributed by atoms with Gasteiger partial charge in [-0.25, -0.2) is 4.98 Å². The lowest BCUT2D eigenvalue weighted by Gasteiger charge is -2.35. The second kappa shape index (κ2) is 7.71. The molecule has 6 heteroatoms. The van der Waals surface area contributed by atoms with E-state index in [1.54, 1.807) is 11.3 Å². The van der Waals surface area contributed by atoms with Crippen molar-refractivity contribution in [1.82, 2.24) is 15.2 Å². The number of carbonyl (C=O) groups is 1. The molecule has 1 fully saturated rings. The molecular formula is C14H24N4OS. The maximum atomic E-state index is 11.5. The van der Waals surface area contributed by atoms with E-state index in [1.165, 1.54) is 17.8 Å². The van der Waals surface area contributed by atoms with Crippen LogP contribution in [-0.4, -0.2) is 41.5 Å². The Morgan fingerprint density at radius 2 is 2.45 bits per heavy atom. The summed E-state index contributed by atoms with van der Waals surface area (Å²) in [5.41, 5.74) is 6.48. The van der Waals surface area contributed by atoms with Crippen LogP contribution in [0, 0.1) is 6.92 Å². The van der Waals surface area contributed by atoms with Gasteiger partial charge in [0.1, 0.15) is 5.01 Å². The minimum Gasteiger partial charge on any atom is -0.354 e. The summed E-state index contributed by atoms with van der Waals surface area (Å²) < 4.78 is 0. The zero-order valence-electron chi connectivity index (χ0n) is 12.1. The predicted octanol–water partition coefficient (Wildman–Crippen LogP) is 1.27. The Balaban J connectivity index is 1.86. The largest absolute Gasteiger partial charge is 0.354 e. The van der Waals surface area contributed by atoms with E-state index in [4.69, 9.17) is 5.73 Å². The normalized spacial score (nSPS) is 20.0. The summed E-state index contributed by atoms with van der Waals surface area (Å²) >= 11 is 1.72. The summed E-state index contributed by atoms with van der Waals surface area (Å²) in [6.07, 6.45) is 4.04. The van der Waals surface area contributed by atoms with Crippen molar-refractivity contribution in [2.24, 2.45) is 5.73 Å². The van der Waals surface area contributed by atoms with Crippen LogP contribution in [0.15, 0.2) is 5.38 Å². The molecule has 1 amide bonds. The minimum absolute atomic E-state index is 0.0584. The Bertz CT molecular complexity index is 435. The lowest BCUT2D eigenvalue weighted by molar-refractivity contribution is -0.121. The van der Waals surface area contributed by atoms with Crippen molar-refractivity contribution >= 4 is 17.2 Å². The third kappa shape index (κ3) is 4.54. The summed E-state index contributed by atoms with van der Waals surface area (Å²) in [7, 11) is 0. The molecule has 0 bridgehead atoms. The van der Waals surface area contributed by atoms with Gasteiger partial charge in [-0.1, -0.05) is 6.42 Å². The summed E-state index contributed by atoms with van der Waals surface area (Å²) in [6.45, 7) is 5.16. The number of nitrogens with one attached hydrogen (secondary N) is 1. The maximum absolute atomic E-state index is 11.5. The van der Waals surface area contributed by atoms with Gasteiger partial charge >= 0.3 is 0 Å². The van der Waals surface area contributed by atoms with Crippen molar-refractivity contribution in [2.45, 2.75) is 45.2 Å². The average Bonchev–Trinajstić information content (AvgIpc) is 2.83. The van der Waals surface area contributed by atoms with E-state index < -0.39 is 0 Å². The molecule has 1 aromatic heterocycles. The van der Waals surface area contributed by atoms with Gasteiger partial charge in [0.15, 0.2) is 0 Å². The van der Waals surface area contributed by atoms with Crippen LogP contribution < -0.4 is 11.1 Å². The summed E-state index contributed by atoms with van der Waals surface area (Å²) in [6, 6.07) is 0.426. The number of nitrogens with zero attached hydrogens (tertiary/aromatic N) is 2. The number of hydrogen-bond donors (Lipinski definition) is 2. The van der Waals surface area contributed by atoms with Gasteiger partial charge in [-0.05, 0) is 26.3 Å².